The molecule has 0 aromatic carbocycles. The summed E-state index contributed by atoms with van der Waals surface area (Å²) in [6.45, 7) is 2.85. The summed E-state index contributed by atoms with van der Waals surface area (Å²) in [6, 6.07) is -0.309. The number of nitrogens with one attached hydrogen (secondary N) is 1. The molecule has 3 heteroatoms. The second-order valence-corrected chi connectivity index (χ2v) is 4.98. The molecule has 0 aliphatic heterocycles. The standard InChI is InChI=1S/C13H26N2O/c1-2-6-12(14)13(16)15-10-5-9-11-7-3-4-8-11/h11-12H,2-10,14H2,1H3,(H,15,16). The van der Waals surface area contributed by atoms with Gasteiger partial charge in [0.05, 0.1) is 6.04 Å². The van der Waals surface area contributed by atoms with Crippen LogP contribution in [0.15, 0.2) is 0 Å². The Morgan fingerprint density at radius 3 is 2.75 bits per heavy atom. The first-order valence-corrected chi connectivity index (χ1v) is 6.77. The fraction of sp³-hybridized carbons (Fsp3) is 0.923. The van der Waals surface area contributed by atoms with Crippen molar-refractivity contribution in [2.45, 2.75) is 64.3 Å². The summed E-state index contributed by atoms with van der Waals surface area (Å²) < 4.78 is 0. The summed E-state index contributed by atoms with van der Waals surface area (Å²) in [4.78, 5) is 11.5. The van der Waals surface area contributed by atoms with Crippen molar-refractivity contribution in [3.05, 3.63) is 0 Å². The molecule has 0 aromatic heterocycles. The minimum Gasteiger partial charge on any atom is -0.355 e. The van der Waals surface area contributed by atoms with Crippen molar-refractivity contribution >= 4 is 5.91 Å². The van der Waals surface area contributed by atoms with E-state index in [0.717, 1.165) is 31.7 Å². The lowest BCUT2D eigenvalue weighted by molar-refractivity contribution is -0.122. The Kier molecular flexibility index (Phi) is 6.46. The summed E-state index contributed by atoms with van der Waals surface area (Å²) in [7, 11) is 0. The van der Waals surface area contributed by atoms with Crippen molar-refractivity contribution in [2.75, 3.05) is 6.54 Å². The lowest BCUT2D eigenvalue weighted by Crippen LogP contribution is -2.40. The SMILES string of the molecule is CCCC(N)C(=O)NCCCC1CCCC1. The maximum atomic E-state index is 11.5. The third-order valence-electron chi connectivity index (χ3n) is 3.50. The second-order valence-electron chi connectivity index (χ2n) is 4.98. The van der Waals surface area contributed by atoms with Crippen LogP contribution >= 0.6 is 0 Å². The van der Waals surface area contributed by atoms with E-state index in [2.05, 4.69) is 5.32 Å². The van der Waals surface area contributed by atoms with Crippen molar-refractivity contribution in [1.82, 2.24) is 5.32 Å². The molecule has 0 radical (unpaired) electrons. The minimum atomic E-state index is -0.309. The van der Waals surface area contributed by atoms with E-state index in [0.29, 0.717) is 0 Å². The van der Waals surface area contributed by atoms with Gasteiger partial charge in [-0.15, -0.1) is 0 Å². The molecule has 1 aliphatic carbocycles. The van der Waals surface area contributed by atoms with Crippen molar-refractivity contribution < 1.29 is 4.79 Å². The number of amides is 1. The number of nitrogens with two attached hydrogens (primary N) is 1. The minimum absolute atomic E-state index is 0.0215. The van der Waals surface area contributed by atoms with E-state index >= 15 is 0 Å². The van der Waals surface area contributed by atoms with E-state index < -0.39 is 0 Å². The molecule has 1 amide bonds. The molecule has 1 aliphatic rings. The molecule has 1 atom stereocenters. The molecule has 0 aromatic rings. The Balaban J connectivity index is 1.99. The van der Waals surface area contributed by atoms with Crippen molar-refractivity contribution in [2.24, 2.45) is 11.7 Å². The van der Waals surface area contributed by atoms with Crippen molar-refractivity contribution in [3.8, 4) is 0 Å². The fourth-order valence-electron chi connectivity index (χ4n) is 2.47. The normalized spacial score (nSPS) is 18.6. The first-order chi connectivity index (χ1) is 7.74. The molecule has 1 saturated carbocycles. The highest BCUT2D eigenvalue weighted by atomic mass is 16.2. The topological polar surface area (TPSA) is 55.1 Å². The second kappa shape index (κ2) is 7.66. The van der Waals surface area contributed by atoms with Gasteiger partial charge in [0.25, 0.3) is 0 Å². The van der Waals surface area contributed by atoms with Gasteiger partial charge in [0.2, 0.25) is 5.91 Å². The van der Waals surface area contributed by atoms with E-state index in [9.17, 15) is 4.79 Å². The third kappa shape index (κ3) is 4.97. The van der Waals surface area contributed by atoms with Crippen LogP contribution in [0, 0.1) is 5.92 Å². The molecule has 94 valence electrons. The van der Waals surface area contributed by atoms with Crippen LogP contribution in [0.2, 0.25) is 0 Å². The highest BCUT2D eigenvalue weighted by Crippen LogP contribution is 2.28. The van der Waals surface area contributed by atoms with E-state index in [1.165, 1.54) is 32.1 Å². The van der Waals surface area contributed by atoms with Gasteiger partial charge < -0.3 is 11.1 Å². The predicted octanol–water partition coefficient (Wildman–Crippen LogP) is 2.20. The van der Waals surface area contributed by atoms with Gasteiger partial charge in [-0.3, -0.25) is 4.79 Å². The average molecular weight is 226 g/mol. The summed E-state index contributed by atoms with van der Waals surface area (Å²) in [6.07, 6.45) is 9.72. The van der Waals surface area contributed by atoms with Crippen LogP contribution in [0.5, 0.6) is 0 Å². The Hall–Kier alpha value is -0.570. The Morgan fingerprint density at radius 2 is 2.12 bits per heavy atom. The van der Waals surface area contributed by atoms with Gasteiger partial charge in [-0.25, -0.2) is 0 Å². The molecule has 0 spiro atoms. The van der Waals surface area contributed by atoms with E-state index in [1.54, 1.807) is 0 Å². The molecule has 0 saturated heterocycles. The molecule has 16 heavy (non-hydrogen) atoms. The third-order valence-corrected chi connectivity index (χ3v) is 3.50. The zero-order valence-corrected chi connectivity index (χ0v) is 10.5. The lowest BCUT2D eigenvalue weighted by atomic mass is 10.0. The molecule has 3 nitrogen and oxygen atoms in total. The quantitative estimate of drug-likeness (QED) is 0.654. The van der Waals surface area contributed by atoms with Crippen LogP contribution in [-0.4, -0.2) is 18.5 Å². The number of hydrogen-bond acceptors (Lipinski definition) is 2. The lowest BCUT2D eigenvalue weighted by Gasteiger charge is -2.12. The van der Waals surface area contributed by atoms with Gasteiger partial charge in [-0.1, -0.05) is 39.0 Å². The Morgan fingerprint density at radius 1 is 1.44 bits per heavy atom. The summed E-state index contributed by atoms with van der Waals surface area (Å²) in [5.41, 5.74) is 5.72. The van der Waals surface area contributed by atoms with E-state index in [1.807, 2.05) is 6.92 Å². The van der Waals surface area contributed by atoms with Crippen LogP contribution < -0.4 is 11.1 Å². The largest absolute Gasteiger partial charge is 0.355 e. The van der Waals surface area contributed by atoms with Gasteiger partial charge in [0, 0.05) is 6.54 Å². The highest BCUT2D eigenvalue weighted by Gasteiger charge is 2.15. The molecule has 0 bridgehead atoms. The number of carbonyl (C=O) groups excluding carboxylic acids is 1. The zero-order chi connectivity index (χ0) is 11.8. The van der Waals surface area contributed by atoms with Gasteiger partial charge in [-0.05, 0) is 25.2 Å². The molecule has 3 N–H and O–H groups in total. The van der Waals surface area contributed by atoms with Gasteiger partial charge in [0.15, 0.2) is 0 Å². The van der Waals surface area contributed by atoms with E-state index in [4.69, 9.17) is 5.73 Å². The molecule has 0 heterocycles. The van der Waals surface area contributed by atoms with Crippen molar-refractivity contribution in [1.29, 1.82) is 0 Å². The first-order valence-electron chi connectivity index (χ1n) is 6.77. The van der Waals surface area contributed by atoms with Gasteiger partial charge in [0.1, 0.15) is 0 Å². The summed E-state index contributed by atoms with van der Waals surface area (Å²) >= 11 is 0. The maximum absolute atomic E-state index is 11.5. The highest BCUT2D eigenvalue weighted by molar-refractivity contribution is 5.81. The number of rotatable bonds is 7. The number of carbonyl (C=O) groups is 1. The average Bonchev–Trinajstić information content (AvgIpc) is 2.77. The van der Waals surface area contributed by atoms with Gasteiger partial charge in [-0.2, -0.15) is 0 Å². The van der Waals surface area contributed by atoms with Crippen LogP contribution in [0.4, 0.5) is 0 Å². The van der Waals surface area contributed by atoms with Crippen LogP contribution in [0.1, 0.15) is 58.3 Å². The first kappa shape index (κ1) is 13.5. The molecule has 1 unspecified atom stereocenters. The Labute approximate surface area is 99.2 Å². The van der Waals surface area contributed by atoms with Crippen molar-refractivity contribution in [3.63, 3.8) is 0 Å². The van der Waals surface area contributed by atoms with Crippen LogP contribution in [0.25, 0.3) is 0 Å². The van der Waals surface area contributed by atoms with Crippen LogP contribution in [-0.2, 0) is 4.79 Å². The molecule has 1 rings (SSSR count). The summed E-state index contributed by atoms with van der Waals surface area (Å²) in [5, 5.41) is 2.93. The number of hydrogen-bond donors (Lipinski definition) is 2. The van der Waals surface area contributed by atoms with Gasteiger partial charge >= 0.3 is 0 Å². The zero-order valence-electron chi connectivity index (χ0n) is 10.5. The monoisotopic (exact) mass is 226 g/mol. The molecule has 1 fully saturated rings. The Bertz CT molecular complexity index is 200. The maximum Gasteiger partial charge on any atom is 0.236 e. The summed E-state index contributed by atoms with van der Waals surface area (Å²) in [5.74, 6) is 0.939. The molecular formula is C13H26N2O. The predicted molar refractivity (Wildman–Crippen MR) is 67.1 cm³/mol. The molecular weight excluding hydrogens is 200 g/mol. The smallest absolute Gasteiger partial charge is 0.236 e. The van der Waals surface area contributed by atoms with Crippen LogP contribution in [0.3, 0.4) is 0 Å². The fourth-order valence-corrected chi connectivity index (χ4v) is 2.47. The van der Waals surface area contributed by atoms with E-state index in [-0.39, 0.29) is 11.9 Å².